The molecule has 7 atom stereocenters. The predicted octanol–water partition coefficient (Wildman–Crippen LogP) is 3.77. The molecule has 0 radical (unpaired) electrons. The van der Waals surface area contributed by atoms with E-state index in [4.69, 9.17) is 0 Å². The highest BCUT2D eigenvalue weighted by Crippen LogP contribution is 2.67. The van der Waals surface area contributed by atoms with E-state index in [1.165, 1.54) is 6.42 Å². The Kier molecular flexibility index (Phi) is 4.23. The average Bonchev–Trinajstić information content (AvgIpc) is 2.78. The van der Waals surface area contributed by atoms with E-state index in [1.807, 2.05) is 0 Å². The van der Waals surface area contributed by atoms with Crippen LogP contribution in [0.2, 0.25) is 0 Å². The maximum atomic E-state index is 12.3. The van der Waals surface area contributed by atoms with Gasteiger partial charge in [-0.15, -0.1) is 0 Å². The fourth-order valence-electron chi connectivity index (χ4n) is 6.66. The third-order valence-electron chi connectivity index (χ3n) is 7.97. The summed E-state index contributed by atoms with van der Waals surface area (Å²) in [5.74, 6) is 2.45. The minimum Gasteiger partial charge on any atom is -0.393 e. The summed E-state index contributed by atoms with van der Waals surface area (Å²) in [6.45, 7) is 8.52. The number of hydrogen-bond acceptors (Lipinski definition) is 3. The first kappa shape index (κ1) is 17.1. The number of rotatable bonds is 3. The van der Waals surface area contributed by atoms with Gasteiger partial charge >= 0.3 is 0 Å². The highest BCUT2D eigenvalue weighted by Gasteiger charge is 2.64. The lowest BCUT2D eigenvalue weighted by Crippen LogP contribution is -2.58. The van der Waals surface area contributed by atoms with Gasteiger partial charge in [0.2, 0.25) is 0 Å². The van der Waals surface area contributed by atoms with Crippen molar-refractivity contribution in [2.24, 2.45) is 34.5 Å². The Morgan fingerprint density at radius 1 is 1.30 bits per heavy atom. The summed E-state index contributed by atoms with van der Waals surface area (Å²) in [7, 11) is 0. The summed E-state index contributed by atoms with van der Waals surface area (Å²) in [6.07, 6.45) is 5.59. The second-order valence-electron chi connectivity index (χ2n) is 9.19. The van der Waals surface area contributed by atoms with Crippen molar-refractivity contribution in [3.63, 3.8) is 0 Å². The van der Waals surface area contributed by atoms with E-state index in [0.29, 0.717) is 42.8 Å². The summed E-state index contributed by atoms with van der Waals surface area (Å²) in [6, 6.07) is 0. The topological polar surface area (TPSA) is 54.4 Å². The molecule has 0 bridgehead atoms. The van der Waals surface area contributed by atoms with Crippen molar-refractivity contribution in [3.05, 3.63) is 0 Å². The number of aliphatic hydroxyl groups is 1. The van der Waals surface area contributed by atoms with Crippen molar-refractivity contribution in [2.45, 2.75) is 78.7 Å². The van der Waals surface area contributed by atoms with Gasteiger partial charge in [-0.3, -0.25) is 4.79 Å². The van der Waals surface area contributed by atoms with E-state index >= 15 is 0 Å². The van der Waals surface area contributed by atoms with Gasteiger partial charge in [0.1, 0.15) is 11.6 Å². The van der Waals surface area contributed by atoms with Crippen LogP contribution in [0.1, 0.15) is 72.6 Å². The zero-order valence-electron chi connectivity index (χ0n) is 15.1. The molecule has 0 unspecified atom stereocenters. The highest BCUT2D eigenvalue weighted by atomic mass is 16.3. The van der Waals surface area contributed by atoms with E-state index in [0.717, 1.165) is 19.3 Å². The third-order valence-corrected chi connectivity index (χ3v) is 7.97. The number of hydrogen-bond donors (Lipinski definition) is 1. The summed E-state index contributed by atoms with van der Waals surface area (Å²) in [5, 5.41) is 10.8. The summed E-state index contributed by atoms with van der Waals surface area (Å²) < 4.78 is 0. The van der Waals surface area contributed by atoms with Gasteiger partial charge in [0.05, 0.1) is 6.10 Å². The maximum Gasteiger partial charge on any atom is 0.133 e. The van der Waals surface area contributed by atoms with Crippen LogP contribution in [0.3, 0.4) is 0 Å². The molecule has 1 N–H and O–H groups in total. The second kappa shape index (κ2) is 5.68. The van der Waals surface area contributed by atoms with E-state index in [2.05, 4.69) is 20.8 Å². The fourth-order valence-corrected chi connectivity index (χ4v) is 6.66. The SMILES string of the molecule is CC(=O)CC[C@@H]1[C@@H](C)CC[C@@H]2C[C@@H](O)[C@@]3(C)CC(=O)C[C@H]3[C@]21C. The molecule has 0 amide bonds. The Hall–Kier alpha value is -0.700. The van der Waals surface area contributed by atoms with Gasteiger partial charge in [-0.1, -0.05) is 27.2 Å². The number of fused-ring (bicyclic) bond motifs is 3. The van der Waals surface area contributed by atoms with Crippen LogP contribution in [0.4, 0.5) is 0 Å². The zero-order valence-corrected chi connectivity index (χ0v) is 15.1. The molecule has 0 aromatic carbocycles. The number of aliphatic hydroxyl groups excluding tert-OH is 1. The molecule has 0 saturated heterocycles. The van der Waals surface area contributed by atoms with Gasteiger partial charge in [0, 0.05) is 24.7 Å². The first-order valence-corrected chi connectivity index (χ1v) is 9.38. The Morgan fingerprint density at radius 3 is 2.65 bits per heavy atom. The Balaban J connectivity index is 1.98. The van der Waals surface area contributed by atoms with Crippen molar-refractivity contribution in [1.29, 1.82) is 0 Å². The number of carbonyl (C=O) groups excluding carboxylic acids is 2. The van der Waals surface area contributed by atoms with Gasteiger partial charge in [-0.2, -0.15) is 0 Å². The normalized spacial score (nSPS) is 49.6. The fraction of sp³-hybridized carbons (Fsp3) is 0.900. The molecule has 0 spiro atoms. The van der Waals surface area contributed by atoms with E-state index in [9.17, 15) is 14.7 Å². The van der Waals surface area contributed by atoms with Crippen LogP contribution in [0.25, 0.3) is 0 Å². The maximum absolute atomic E-state index is 12.3. The van der Waals surface area contributed by atoms with Crippen molar-refractivity contribution < 1.29 is 14.7 Å². The quantitative estimate of drug-likeness (QED) is 0.861. The van der Waals surface area contributed by atoms with Gasteiger partial charge in [-0.05, 0) is 55.3 Å². The van der Waals surface area contributed by atoms with Crippen molar-refractivity contribution in [2.75, 3.05) is 0 Å². The van der Waals surface area contributed by atoms with E-state index in [-0.39, 0.29) is 28.6 Å². The Bertz CT molecular complexity index is 513. The molecular formula is C20H32O3. The minimum atomic E-state index is -0.348. The first-order valence-electron chi connectivity index (χ1n) is 9.38. The molecule has 3 nitrogen and oxygen atoms in total. The molecule has 3 saturated carbocycles. The van der Waals surface area contributed by atoms with Crippen LogP contribution < -0.4 is 0 Å². The van der Waals surface area contributed by atoms with Gasteiger partial charge in [0.15, 0.2) is 0 Å². The Morgan fingerprint density at radius 2 is 2.00 bits per heavy atom. The zero-order chi connectivity index (χ0) is 17.0. The van der Waals surface area contributed by atoms with Crippen LogP contribution in [-0.4, -0.2) is 22.8 Å². The molecule has 3 heteroatoms. The molecule has 0 heterocycles. The lowest BCUT2D eigenvalue weighted by molar-refractivity contribution is -0.172. The van der Waals surface area contributed by atoms with Crippen molar-refractivity contribution >= 4 is 11.6 Å². The van der Waals surface area contributed by atoms with Crippen molar-refractivity contribution in [3.8, 4) is 0 Å². The van der Waals surface area contributed by atoms with E-state index < -0.39 is 0 Å². The molecule has 0 aliphatic heterocycles. The molecule has 3 fully saturated rings. The molecule has 23 heavy (non-hydrogen) atoms. The van der Waals surface area contributed by atoms with Crippen molar-refractivity contribution in [1.82, 2.24) is 0 Å². The lowest BCUT2D eigenvalue weighted by atomic mass is 9.43. The number of carbonyl (C=O) groups is 2. The van der Waals surface area contributed by atoms with Crippen LogP contribution in [-0.2, 0) is 9.59 Å². The predicted molar refractivity (Wildman–Crippen MR) is 89.9 cm³/mol. The summed E-state index contributed by atoms with van der Waals surface area (Å²) in [4.78, 5) is 23.8. The number of Topliss-reactive ketones (excluding diaryl/α,β-unsaturated/α-hetero) is 2. The molecule has 0 aromatic heterocycles. The van der Waals surface area contributed by atoms with Gasteiger partial charge in [-0.25, -0.2) is 0 Å². The monoisotopic (exact) mass is 320 g/mol. The lowest BCUT2D eigenvalue weighted by Gasteiger charge is -2.62. The van der Waals surface area contributed by atoms with Crippen LogP contribution >= 0.6 is 0 Å². The highest BCUT2D eigenvalue weighted by molar-refractivity contribution is 5.82. The smallest absolute Gasteiger partial charge is 0.133 e. The molecule has 3 aliphatic carbocycles. The van der Waals surface area contributed by atoms with Gasteiger partial charge < -0.3 is 9.90 Å². The first-order chi connectivity index (χ1) is 10.7. The molecule has 3 aliphatic rings. The van der Waals surface area contributed by atoms with Crippen LogP contribution in [0, 0.1) is 34.5 Å². The minimum absolute atomic E-state index is 0.0905. The van der Waals surface area contributed by atoms with E-state index in [1.54, 1.807) is 6.92 Å². The molecule has 3 rings (SSSR count). The second-order valence-corrected chi connectivity index (χ2v) is 9.19. The Labute approximate surface area is 140 Å². The average molecular weight is 320 g/mol. The van der Waals surface area contributed by atoms with Crippen LogP contribution in [0.5, 0.6) is 0 Å². The van der Waals surface area contributed by atoms with Crippen LogP contribution in [0.15, 0.2) is 0 Å². The largest absolute Gasteiger partial charge is 0.393 e. The summed E-state index contributed by atoms with van der Waals surface area (Å²) in [5.41, 5.74) is -0.166. The standard InChI is InChI=1S/C20H32O3/c1-12-5-7-14-9-18(23)19(3)11-15(22)10-17(19)20(14,4)16(12)8-6-13(2)21/h12,14,16-18,23H,5-11H2,1-4H3/t12-,14+,16+,17+,18+,19-,20+/m0/s1. The third kappa shape index (κ3) is 2.50. The number of ketones is 2. The molecule has 0 aromatic rings. The summed E-state index contributed by atoms with van der Waals surface area (Å²) >= 11 is 0. The van der Waals surface area contributed by atoms with Gasteiger partial charge in [0.25, 0.3) is 0 Å². The molecule has 130 valence electrons. The molecular weight excluding hydrogens is 288 g/mol.